The SMILES string of the molecule is Cc1ccc(C(OC(=O)CO)C(OCc2ccccc2)C(COCc2ccccc2)OCc2ccccc2)cc1Cc1ccc(-c2ccc(F)cc2)s1. The number of aliphatic hydroxyl groups is 1. The van der Waals surface area contributed by atoms with Crippen LogP contribution in [0.3, 0.4) is 0 Å². The van der Waals surface area contributed by atoms with Crippen molar-refractivity contribution in [2.45, 2.75) is 51.5 Å². The average molecular weight is 731 g/mol. The summed E-state index contributed by atoms with van der Waals surface area (Å²) in [6.07, 6.45) is -1.82. The number of ether oxygens (including phenoxy) is 4. The first-order valence-electron chi connectivity index (χ1n) is 17.6. The topological polar surface area (TPSA) is 74.2 Å². The number of hydrogen-bond donors (Lipinski definition) is 1. The van der Waals surface area contributed by atoms with Crippen LogP contribution in [0.2, 0.25) is 0 Å². The fourth-order valence-corrected chi connectivity index (χ4v) is 7.07. The predicted molar refractivity (Wildman–Crippen MR) is 206 cm³/mol. The van der Waals surface area contributed by atoms with E-state index in [0.29, 0.717) is 18.6 Å². The molecule has 0 radical (unpaired) electrons. The highest BCUT2D eigenvalue weighted by atomic mass is 32.1. The molecule has 0 fully saturated rings. The molecule has 1 heterocycles. The van der Waals surface area contributed by atoms with Crippen LogP contribution >= 0.6 is 11.3 Å². The molecule has 8 heteroatoms. The number of halogens is 1. The van der Waals surface area contributed by atoms with Gasteiger partial charge in [-0.3, -0.25) is 0 Å². The first kappa shape index (κ1) is 37.8. The Bertz CT molecular complexity index is 2000. The Morgan fingerprint density at radius 1 is 0.717 bits per heavy atom. The van der Waals surface area contributed by atoms with E-state index in [9.17, 15) is 14.3 Å². The first-order valence-corrected chi connectivity index (χ1v) is 18.4. The lowest BCUT2D eigenvalue weighted by Crippen LogP contribution is -2.42. The zero-order chi connectivity index (χ0) is 36.8. The number of esters is 1. The minimum Gasteiger partial charge on any atom is -0.453 e. The van der Waals surface area contributed by atoms with Crippen LogP contribution in [-0.4, -0.2) is 36.5 Å². The van der Waals surface area contributed by atoms with Gasteiger partial charge in [0, 0.05) is 16.2 Å². The second-order valence-corrected chi connectivity index (χ2v) is 14.0. The summed E-state index contributed by atoms with van der Waals surface area (Å²) in [7, 11) is 0. The van der Waals surface area contributed by atoms with Crippen LogP contribution in [0.5, 0.6) is 0 Å². The third kappa shape index (κ3) is 11.0. The van der Waals surface area contributed by atoms with Gasteiger partial charge in [-0.25, -0.2) is 9.18 Å². The standard InChI is InChI=1S/C45H43FO6S/c1-32-17-18-37(25-38(32)26-40-23-24-42(53-40)36-19-21-39(46)22-20-36)44(52-43(48)27-47)45(51-30-35-15-9-4-10-16-35)41(50-29-34-13-7-3-8-14-34)31-49-28-33-11-5-2-6-12-33/h2-25,41,44-45,47H,26-31H2,1H3. The van der Waals surface area contributed by atoms with Crippen molar-refractivity contribution in [2.75, 3.05) is 13.2 Å². The Kier molecular flexibility index (Phi) is 13.7. The lowest BCUT2D eigenvalue weighted by atomic mass is 9.94. The van der Waals surface area contributed by atoms with Crippen LogP contribution in [0.15, 0.2) is 146 Å². The van der Waals surface area contributed by atoms with Gasteiger partial charge in [-0.05, 0) is 70.1 Å². The molecule has 0 aliphatic carbocycles. The van der Waals surface area contributed by atoms with Gasteiger partial charge in [0.1, 0.15) is 24.6 Å². The van der Waals surface area contributed by atoms with Crippen molar-refractivity contribution >= 4 is 17.3 Å². The molecule has 53 heavy (non-hydrogen) atoms. The minimum atomic E-state index is -0.947. The molecule has 3 atom stereocenters. The van der Waals surface area contributed by atoms with E-state index in [0.717, 1.165) is 43.1 Å². The van der Waals surface area contributed by atoms with E-state index in [2.05, 4.69) is 19.1 Å². The van der Waals surface area contributed by atoms with E-state index in [1.54, 1.807) is 23.5 Å². The molecule has 0 saturated carbocycles. The maximum atomic E-state index is 13.6. The number of rotatable bonds is 18. The zero-order valence-corrected chi connectivity index (χ0v) is 30.4. The summed E-state index contributed by atoms with van der Waals surface area (Å²) in [5, 5.41) is 9.89. The fourth-order valence-electron chi connectivity index (χ4n) is 6.03. The van der Waals surface area contributed by atoms with Crippen molar-refractivity contribution in [3.8, 4) is 10.4 Å². The number of carbonyl (C=O) groups is 1. The second kappa shape index (κ2) is 19.2. The van der Waals surface area contributed by atoms with Crippen LogP contribution in [0.4, 0.5) is 4.39 Å². The Labute approximate surface area is 314 Å². The minimum absolute atomic E-state index is 0.147. The molecule has 0 bridgehead atoms. The average Bonchev–Trinajstić information content (AvgIpc) is 3.67. The van der Waals surface area contributed by atoms with Crippen LogP contribution < -0.4 is 0 Å². The maximum Gasteiger partial charge on any atom is 0.332 e. The van der Waals surface area contributed by atoms with Gasteiger partial charge in [-0.1, -0.05) is 121 Å². The van der Waals surface area contributed by atoms with E-state index in [1.807, 2.05) is 109 Å². The van der Waals surface area contributed by atoms with Gasteiger partial charge >= 0.3 is 5.97 Å². The molecule has 0 spiro atoms. The maximum absolute atomic E-state index is 13.6. The van der Waals surface area contributed by atoms with Crippen molar-refractivity contribution in [1.29, 1.82) is 0 Å². The Morgan fingerprint density at radius 3 is 1.94 bits per heavy atom. The van der Waals surface area contributed by atoms with E-state index >= 15 is 0 Å². The summed E-state index contributed by atoms with van der Waals surface area (Å²) >= 11 is 1.65. The number of carbonyl (C=O) groups excluding carboxylic acids is 1. The third-order valence-corrected chi connectivity index (χ3v) is 10.0. The van der Waals surface area contributed by atoms with Crippen LogP contribution in [0, 0.1) is 12.7 Å². The lowest BCUT2D eigenvalue weighted by molar-refractivity contribution is -0.183. The van der Waals surface area contributed by atoms with Gasteiger partial charge in [-0.2, -0.15) is 0 Å². The smallest absolute Gasteiger partial charge is 0.332 e. The van der Waals surface area contributed by atoms with Gasteiger partial charge in [-0.15, -0.1) is 11.3 Å². The monoisotopic (exact) mass is 730 g/mol. The summed E-state index contributed by atoms with van der Waals surface area (Å²) in [5.74, 6) is -1.05. The summed E-state index contributed by atoms with van der Waals surface area (Å²) in [5.41, 5.74) is 6.71. The lowest BCUT2D eigenvalue weighted by Gasteiger charge is -2.34. The zero-order valence-electron chi connectivity index (χ0n) is 29.6. The van der Waals surface area contributed by atoms with Crippen molar-refractivity contribution in [1.82, 2.24) is 0 Å². The van der Waals surface area contributed by atoms with Gasteiger partial charge in [0.15, 0.2) is 6.10 Å². The molecule has 6 nitrogen and oxygen atoms in total. The number of thiophene rings is 1. The fraction of sp³-hybridized carbons (Fsp3) is 0.222. The van der Waals surface area contributed by atoms with Gasteiger partial charge in [0.2, 0.25) is 0 Å². The Morgan fingerprint density at radius 2 is 1.32 bits per heavy atom. The first-order chi connectivity index (χ1) is 25.9. The molecular formula is C45H43FO6S. The summed E-state index contributed by atoms with van der Waals surface area (Å²) in [6, 6.07) is 46.2. The van der Waals surface area contributed by atoms with Crippen molar-refractivity contribution in [2.24, 2.45) is 0 Å². The molecular weight excluding hydrogens is 688 g/mol. The number of aliphatic hydroxyl groups excluding tert-OH is 1. The highest BCUT2D eigenvalue weighted by Gasteiger charge is 2.36. The molecule has 0 aliphatic rings. The molecule has 0 amide bonds. The van der Waals surface area contributed by atoms with Crippen LogP contribution in [0.1, 0.15) is 44.4 Å². The highest BCUT2D eigenvalue weighted by Crippen LogP contribution is 2.34. The molecule has 0 saturated heterocycles. The molecule has 5 aromatic carbocycles. The Balaban J connectivity index is 1.33. The molecule has 272 valence electrons. The predicted octanol–water partition coefficient (Wildman–Crippen LogP) is 9.42. The summed E-state index contributed by atoms with van der Waals surface area (Å²) < 4.78 is 39.2. The van der Waals surface area contributed by atoms with E-state index in [1.165, 1.54) is 12.1 Å². The largest absolute Gasteiger partial charge is 0.453 e. The normalized spacial score (nSPS) is 13.0. The van der Waals surface area contributed by atoms with Crippen LogP contribution in [-0.2, 0) is 50.0 Å². The van der Waals surface area contributed by atoms with Crippen molar-refractivity contribution < 1.29 is 33.2 Å². The number of aryl methyl sites for hydroxylation is 1. The van der Waals surface area contributed by atoms with Gasteiger partial charge in [0.25, 0.3) is 0 Å². The Hall–Kier alpha value is -4.96. The van der Waals surface area contributed by atoms with Crippen molar-refractivity contribution in [3.63, 3.8) is 0 Å². The number of benzene rings is 5. The quantitative estimate of drug-likeness (QED) is 0.0889. The summed E-state index contributed by atoms with van der Waals surface area (Å²) in [6.45, 7) is 2.27. The van der Waals surface area contributed by atoms with Crippen LogP contribution in [0.25, 0.3) is 10.4 Å². The molecule has 1 aromatic heterocycles. The molecule has 1 N–H and O–H groups in total. The summed E-state index contributed by atoms with van der Waals surface area (Å²) in [4.78, 5) is 15.1. The highest BCUT2D eigenvalue weighted by molar-refractivity contribution is 7.15. The second-order valence-electron chi connectivity index (χ2n) is 12.8. The van der Waals surface area contributed by atoms with Gasteiger partial charge in [0.05, 0.1) is 26.4 Å². The molecule has 6 rings (SSSR count). The van der Waals surface area contributed by atoms with E-state index in [4.69, 9.17) is 18.9 Å². The molecule has 0 aliphatic heterocycles. The van der Waals surface area contributed by atoms with Crippen molar-refractivity contribution in [3.05, 3.63) is 190 Å². The van der Waals surface area contributed by atoms with E-state index < -0.39 is 30.9 Å². The van der Waals surface area contributed by atoms with E-state index in [-0.39, 0.29) is 25.6 Å². The molecule has 6 aromatic rings. The number of hydrogen-bond acceptors (Lipinski definition) is 7. The molecule has 3 unspecified atom stereocenters. The third-order valence-electron chi connectivity index (χ3n) is 8.89. The van der Waals surface area contributed by atoms with Gasteiger partial charge < -0.3 is 24.1 Å².